The molecular weight excluding hydrogens is 302 g/mol. The average Bonchev–Trinajstić information content (AvgIpc) is 3.12. The largest absolute Gasteiger partial charge is 0.474 e. The Morgan fingerprint density at radius 2 is 2.08 bits per heavy atom. The third-order valence-corrected chi connectivity index (χ3v) is 5.18. The quantitative estimate of drug-likeness (QED) is 0.904. The molecule has 2 aliphatic rings. The van der Waals surface area contributed by atoms with Gasteiger partial charge in [-0.3, -0.25) is 0 Å². The van der Waals surface area contributed by atoms with E-state index in [1.54, 1.807) is 0 Å². The van der Waals surface area contributed by atoms with Crippen molar-refractivity contribution in [1.29, 1.82) is 0 Å². The van der Waals surface area contributed by atoms with Crippen molar-refractivity contribution in [2.75, 3.05) is 5.32 Å². The van der Waals surface area contributed by atoms with Crippen LogP contribution >= 0.6 is 0 Å². The highest BCUT2D eigenvalue weighted by atomic mass is 16.5. The van der Waals surface area contributed by atoms with Gasteiger partial charge >= 0.3 is 0 Å². The van der Waals surface area contributed by atoms with E-state index in [-0.39, 0.29) is 24.2 Å². The van der Waals surface area contributed by atoms with Gasteiger partial charge in [-0.25, -0.2) is 9.97 Å². The van der Waals surface area contributed by atoms with E-state index in [4.69, 9.17) is 4.74 Å². The summed E-state index contributed by atoms with van der Waals surface area (Å²) < 4.78 is 5.94. The lowest BCUT2D eigenvalue weighted by Gasteiger charge is -2.16. The van der Waals surface area contributed by atoms with Gasteiger partial charge in [-0.2, -0.15) is 0 Å². The Morgan fingerprint density at radius 1 is 1.21 bits per heavy atom. The SMILES string of the molecule is C[C@H]1C[C@@H](Oc2cc(N[C@H]3CCc4ccccc43)ncn2)C[C@@H]1O. The van der Waals surface area contributed by atoms with Crippen molar-refractivity contribution in [3.63, 3.8) is 0 Å². The van der Waals surface area contributed by atoms with Crippen molar-refractivity contribution in [3.8, 4) is 5.88 Å². The zero-order valence-electron chi connectivity index (χ0n) is 13.9. The predicted molar refractivity (Wildman–Crippen MR) is 92.0 cm³/mol. The molecule has 1 fully saturated rings. The van der Waals surface area contributed by atoms with Gasteiger partial charge in [0.25, 0.3) is 0 Å². The molecule has 5 heteroatoms. The topological polar surface area (TPSA) is 67.3 Å². The lowest BCUT2D eigenvalue weighted by Crippen LogP contribution is -2.15. The van der Waals surface area contributed by atoms with E-state index in [0.29, 0.717) is 12.3 Å². The van der Waals surface area contributed by atoms with Crippen molar-refractivity contribution in [2.24, 2.45) is 5.92 Å². The fourth-order valence-electron chi connectivity index (χ4n) is 3.81. The highest BCUT2D eigenvalue weighted by molar-refractivity contribution is 5.44. The molecule has 0 aliphatic heterocycles. The van der Waals surface area contributed by atoms with Crippen LogP contribution in [0.4, 0.5) is 5.82 Å². The Morgan fingerprint density at radius 3 is 2.92 bits per heavy atom. The van der Waals surface area contributed by atoms with Crippen molar-refractivity contribution in [2.45, 2.75) is 50.9 Å². The number of hydrogen-bond donors (Lipinski definition) is 2. The van der Waals surface area contributed by atoms with Gasteiger partial charge in [0, 0.05) is 12.5 Å². The first-order valence-corrected chi connectivity index (χ1v) is 8.70. The number of benzene rings is 1. The van der Waals surface area contributed by atoms with E-state index in [1.165, 1.54) is 17.5 Å². The van der Waals surface area contributed by atoms with Crippen molar-refractivity contribution in [1.82, 2.24) is 9.97 Å². The standard InChI is InChI=1S/C19H23N3O2/c1-12-8-14(9-17(12)23)24-19-10-18(20-11-21-19)22-16-7-6-13-4-2-3-5-15(13)16/h2-5,10-12,14,16-17,23H,6-9H2,1H3,(H,20,21,22)/t12-,14+,16-,17-/m0/s1. The fraction of sp³-hybridized carbons (Fsp3) is 0.474. The predicted octanol–water partition coefficient (Wildman–Crippen LogP) is 3.11. The molecule has 0 amide bonds. The molecule has 1 aromatic heterocycles. The van der Waals surface area contributed by atoms with Crippen LogP contribution < -0.4 is 10.1 Å². The third kappa shape index (κ3) is 3.08. The van der Waals surface area contributed by atoms with Crippen molar-refractivity contribution < 1.29 is 9.84 Å². The summed E-state index contributed by atoms with van der Waals surface area (Å²) in [6.07, 6.45) is 5.00. The maximum atomic E-state index is 9.86. The molecule has 4 atom stereocenters. The second-order valence-electron chi connectivity index (χ2n) is 6.93. The van der Waals surface area contributed by atoms with Crippen LogP contribution in [0.25, 0.3) is 0 Å². The van der Waals surface area contributed by atoms with E-state index in [2.05, 4.69) is 46.5 Å². The zero-order valence-corrected chi connectivity index (χ0v) is 13.9. The lowest BCUT2D eigenvalue weighted by atomic mass is 10.1. The highest BCUT2D eigenvalue weighted by Crippen LogP contribution is 2.34. The van der Waals surface area contributed by atoms with Crippen LogP contribution in [0, 0.1) is 5.92 Å². The number of nitrogens with zero attached hydrogens (tertiary/aromatic N) is 2. The third-order valence-electron chi connectivity index (χ3n) is 5.18. The smallest absolute Gasteiger partial charge is 0.218 e. The molecule has 2 aromatic rings. The molecule has 24 heavy (non-hydrogen) atoms. The second-order valence-corrected chi connectivity index (χ2v) is 6.93. The van der Waals surface area contributed by atoms with Crippen molar-refractivity contribution >= 4 is 5.82 Å². The molecule has 5 nitrogen and oxygen atoms in total. The van der Waals surface area contributed by atoms with Gasteiger partial charge in [0.1, 0.15) is 18.2 Å². The van der Waals surface area contributed by atoms with Crippen molar-refractivity contribution in [3.05, 3.63) is 47.8 Å². The first kappa shape index (κ1) is 15.4. The van der Waals surface area contributed by atoms with Crippen LogP contribution in [0.5, 0.6) is 5.88 Å². The highest BCUT2D eigenvalue weighted by Gasteiger charge is 2.31. The molecule has 1 heterocycles. The molecule has 0 radical (unpaired) electrons. The van der Waals surface area contributed by atoms with E-state index in [0.717, 1.165) is 25.1 Å². The number of aliphatic hydroxyl groups excluding tert-OH is 1. The average molecular weight is 325 g/mol. The number of aliphatic hydroxyl groups is 1. The summed E-state index contributed by atoms with van der Waals surface area (Å²) in [4.78, 5) is 8.55. The number of nitrogens with one attached hydrogen (secondary N) is 1. The summed E-state index contributed by atoms with van der Waals surface area (Å²) in [5, 5.41) is 13.4. The first-order chi connectivity index (χ1) is 11.7. The molecular formula is C19H23N3O2. The number of anilines is 1. The number of aryl methyl sites for hydroxylation is 1. The number of aromatic nitrogens is 2. The lowest BCUT2D eigenvalue weighted by molar-refractivity contribution is 0.128. The van der Waals surface area contributed by atoms with Gasteiger partial charge in [-0.15, -0.1) is 0 Å². The Balaban J connectivity index is 1.44. The molecule has 2 aliphatic carbocycles. The van der Waals surface area contributed by atoms with Crippen LogP contribution in [-0.2, 0) is 6.42 Å². The number of hydrogen-bond acceptors (Lipinski definition) is 5. The number of fused-ring (bicyclic) bond motifs is 1. The minimum absolute atomic E-state index is 0.0324. The van der Waals surface area contributed by atoms with Gasteiger partial charge < -0.3 is 15.2 Å². The molecule has 0 bridgehead atoms. The monoisotopic (exact) mass is 325 g/mol. The molecule has 126 valence electrons. The summed E-state index contributed by atoms with van der Waals surface area (Å²) in [7, 11) is 0. The zero-order chi connectivity index (χ0) is 16.5. The minimum atomic E-state index is -0.274. The maximum Gasteiger partial charge on any atom is 0.218 e. The number of ether oxygens (including phenoxy) is 1. The van der Waals surface area contributed by atoms with Crippen LogP contribution in [0.15, 0.2) is 36.7 Å². The van der Waals surface area contributed by atoms with Crippen LogP contribution in [0.1, 0.15) is 43.4 Å². The molecule has 0 unspecified atom stereocenters. The molecule has 0 spiro atoms. The van der Waals surface area contributed by atoms with Gasteiger partial charge in [-0.1, -0.05) is 31.2 Å². The van der Waals surface area contributed by atoms with E-state index >= 15 is 0 Å². The van der Waals surface area contributed by atoms with E-state index in [9.17, 15) is 5.11 Å². The van der Waals surface area contributed by atoms with Crippen LogP contribution in [0.3, 0.4) is 0 Å². The Kier molecular flexibility index (Phi) is 4.10. The Hall–Kier alpha value is -2.14. The number of rotatable bonds is 4. The van der Waals surface area contributed by atoms with E-state index < -0.39 is 0 Å². The normalized spacial score (nSPS) is 28.6. The fourth-order valence-corrected chi connectivity index (χ4v) is 3.81. The molecule has 0 saturated heterocycles. The van der Waals surface area contributed by atoms with Crippen LogP contribution in [-0.4, -0.2) is 27.3 Å². The van der Waals surface area contributed by atoms with Gasteiger partial charge in [0.2, 0.25) is 5.88 Å². The maximum absolute atomic E-state index is 9.86. The second kappa shape index (κ2) is 6.40. The first-order valence-electron chi connectivity index (χ1n) is 8.70. The van der Waals surface area contributed by atoms with Crippen LogP contribution in [0.2, 0.25) is 0 Å². The van der Waals surface area contributed by atoms with Gasteiger partial charge in [0.05, 0.1) is 12.1 Å². The Bertz CT molecular complexity index is 711. The van der Waals surface area contributed by atoms with Gasteiger partial charge in [0.15, 0.2) is 0 Å². The molecule has 2 N–H and O–H groups in total. The summed E-state index contributed by atoms with van der Waals surface area (Å²) in [6, 6.07) is 10.7. The summed E-state index contributed by atoms with van der Waals surface area (Å²) in [5.74, 6) is 1.64. The van der Waals surface area contributed by atoms with Gasteiger partial charge in [-0.05, 0) is 36.3 Å². The summed E-state index contributed by atoms with van der Waals surface area (Å²) in [5.41, 5.74) is 2.76. The minimum Gasteiger partial charge on any atom is -0.474 e. The molecule has 1 saturated carbocycles. The molecule has 1 aromatic carbocycles. The summed E-state index contributed by atoms with van der Waals surface area (Å²) >= 11 is 0. The van der Waals surface area contributed by atoms with E-state index in [1.807, 2.05) is 6.07 Å². The summed E-state index contributed by atoms with van der Waals surface area (Å²) in [6.45, 7) is 2.05. The Labute approximate surface area is 142 Å². The molecule has 4 rings (SSSR count).